The first-order valence-electron chi connectivity index (χ1n) is 6.24. The summed E-state index contributed by atoms with van der Waals surface area (Å²) in [5.74, 6) is 0. The van der Waals surface area contributed by atoms with E-state index in [1.165, 1.54) is 29.0 Å². The Hall–Kier alpha value is -0.380. The summed E-state index contributed by atoms with van der Waals surface area (Å²) < 4.78 is 0. The van der Waals surface area contributed by atoms with Crippen LogP contribution in [0.1, 0.15) is 42.9 Å². The Kier molecular flexibility index (Phi) is 4.00. The van der Waals surface area contributed by atoms with E-state index in [0.29, 0.717) is 12.1 Å². The van der Waals surface area contributed by atoms with Gasteiger partial charge in [0.05, 0.1) is 0 Å². The lowest BCUT2D eigenvalue weighted by molar-refractivity contribution is 0.0439. The molecule has 1 N–H and O–H groups in total. The van der Waals surface area contributed by atoms with E-state index >= 15 is 0 Å². The number of hydrogen-bond donors (Lipinski definition) is 1. The average molecular weight is 238 g/mol. The van der Waals surface area contributed by atoms with E-state index in [2.05, 4.69) is 43.3 Å². The summed E-state index contributed by atoms with van der Waals surface area (Å²) in [7, 11) is 0. The number of nitrogens with zero attached hydrogens (tertiary/aromatic N) is 1. The van der Waals surface area contributed by atoms with E-state index in [1.54, 1.807) is 0 Å². The van der Waals surface area contributed by atoms with Crippen molar-refractivity contribution in [1.82, 2.24) is 10.4 Å². The van der Waals surface area contributed by atoms with E-state index in [9.17, 15) is 0 Å². The zero-order chi connectivity index (χ0) is 11.5. The SMILES string of the molecule is Cc1ccc(CNN2C(C)CCCC2C)s1. The fraction of sp³-hybridized carbons (Fsp3) is 0.692. The molecule has 0 radical (unpaired) electrons. The Morgan fingerprint density at radius 3 is 2.56 bits per heavy atom. The summed E-state index contributed by atoms with van der Waals surface area (Å²) in [4.78, 5) is 2.83. The van der Waals surface area contributed by atoms with Gasteiger partial charge in [-0.05, 0) is 45.7 Å². The second kappa shape index (κ2) is 5.30. The second-order valence-electron chi connectivity index (χ2n) is 4.88. The smallest absolute Gasteiger partial charge is 0.0447 e. The van der Waals surface area contributed by atoms with E-state index in [1.807, 2.05) is 11.3 Å². The topological polar surface area (TPSA) is 15.3 Å². The van der Waals surface area contributed by atoms with Crippen LogP contribution in [-0.2, 0) is 6.54 Å². The molecule has 90 valence electrons. The molecule has 16 heavy (non-hydrogen) atoms. The first kappa shape index (κ1) is 12.1. The van der Waals surface area contributed by atoms with E-state index in [-0.39, 0.29) is 0 Å². The van der Waals surface area contributed by atoms with Crippen LogP contribution in [0, 0.1) is 6.92 Å². The van der Waals surface area contributed by atoms with Gasteiger partial charge in [0.2, 0.25) is 0 Å². The van der Waals surface area contributed by atoms with Crippen molar-refractivity contribution in [2.45, 2.75) is 58.7 Å². The molecule has 0 saturated carbocycles. The maximum atomic E-state index is 3.59. The van der Waals surface area contributed by atoms with Gasteiger partial charge in [-0.3, -0.25) is 0 Å². The van der Waals surface area contributed by atoms with Gasteiger partial charge in [-0.25, -0.2) is 10.4 Å². The predicted octanol–water partition coefficient (Wildman–Crippen LogP) is 3.32. The minimum absolute atomic E-state index is 0.671. The lowest BCUT2D eigenvalue weighted by atomic mass is 10.00. The van der Waals surface area contributed by atoms with Gasteiger partial charge in [-0.15, -0.1) is 11.3 Å². The summed E-state index contributed by atoms with van der Waals surface area (Å²) in [6, 6.07) is 5.77. The molecule has 2 heterocycles. The van der Waals surface area contributed by atoms with E-state index in [0.717, 1.165) is 6.54 Å². The summed E-state index contributed by atoms with van der Waals surface area (Å²) in [6.45, 7) is 7.79. The highest BCUT2D eigenvalue weighted by molar-refractivity contribution is 7.11. The van der Waals surface area contributed by atoms with Crippen LogP contribution >= 0.6 is 11.3 Å². The van der Waals surface area contributed by atoms with Crippen LogP contribution in [0.25, 0.3) is 0 Å². The third-order valence-electron chi connectivity index (χ3n) is 3.43. The van der Waals surface area contributed by atoms with Gasteiger partial charge in [0, 0.05) is 28.4 Å². The molecule has 1 aliphatic heterocycles. The number of thiophene rings is 1. The van der Waals surface area contributed by atoms with Gasteiger partial charge >= 0.3 is 0 Å². The Bertz CT molecular complexity index is 324. The minimum Gasteiger partial charge on any atom is -0.249 e. The lowest BCUT2D eigenvalue weighted by Gasteiger charge is -2.39. The van der Waals surface area contributed by atoms with Crippen LogP contribution in [0.3, 0.4) is 0 Å². The molecule has 1 saturated heterocycles. The maximum Gasteiger partial charge on any atom is 0.0447 e. The van der Waals surface area contributed by atoms with Crippen LogP contribution in [0.2, 0.25) is 0 Å². The highest BCUT2D eigenvalue weighted by Crippen LogP contribution is 2.21. The number of piperidine rings is 1. The second-order valence-corrected chi connectivity index (χ2v) is 6.26. The monoisotopic (exact) mass is 238 g/mol. The van der Waals surface area contributed by atoms with Gasteiger partial charge in [0.25, 0.3) is 0 Å². The van der Waals surface area contributed by atoms with Crippen molar-refractivity contribution in [2.24, 2.45) is 0 Å². The van der Waals surface area contributed by atoms with Crippen molar-refractivity contribution in [2.75, 3.05) is 0 Å². The van der Waals surface area contributed by atoms with Gasteiger partial charge in [0.1, 0.15) is 0 Å². The number of rotatable bonds is 3. The number of hydrogen-bond acceptors (Lipinski definition) is 3. The predicted molar refractivity (Wildman–Crippen MR) is 70.5 cm³/mol. The number of aryl methyl sites for hydroxylation is 1. The van der Waals surface area contributed by atoms with Crippen molar-refractivity contribution in [3.05, 3.63) is 21.9 Å². The molecule has 0 aliphatic carbocycles. The molecule has 1 aromatic rings. The summed E-state index contributed by atoms with van der Waals surface area (Å²) >= 11 is 1.89. The van der Waals surface area contributed by atoms with Crippen molar-refractivity contribution in [3.8, 4) is 0 Å². The molecule has 3 heteroatoms. The third-order valence-corrected chi connectivity index (χ3v) is 4.43. The standard InChI is InChI=1S/C13H22N2S/c1-10-5-4-6-11(2)15(10)14-9-13-8-7-12(3)16-13/h7-8,10-11,14H,4-6,9H2,1-3H3. The van der Waals surface area contributed by atoms with Gasteiger partial charge in [-0.1, -0.05) is 6.42 Å². The van der Waals surface area contributed by atoms with Gasteiger partial charge in [-0.2, -0.15) is 0 Å². The molecule has 2 unspecified atom stereocenters. The average Bonchev–Trinajstić information content (AvgIpc) is 2.63. The lowest BCUT2D eigenvalue weighted by Crippen LogP contribution is -2.51. The number of nitrogens with one attached hydrogen (secondary N) is 1. The Morgan fingerprint density at radius 1 is 1.31 bits per heavy atom. The Balaban J connectivity index is 1.88. The van der Waals surface area contributed by atoms with Crippen LogP contribution in [0.15, 0.2) is 12.1 Å². The third kappa shape index (κ3) is 2.84. The molecule has 2 atom stereocenters. The summed E-state index contributed by atoms with van der Waals surface area (Å²) in [5, 5.41) is 2.44. The molecule has 0 amide bonds. The van der Waals surface area contributed by atoms with Crippen molar-refractivity contribution >= 4 is 11.3 Å². The van der Waals surface area contributed by atoms with Crippen LogP contribution in [-0.4, -0.2) is 17.1 Å². The first-order chi connectivity index (χ1) is 7.66. The first-order valence-corrected chi connectivity index (χ1v) is 7.05. The molecule has 2 rings (SSSR count). The molecule has 0 aromatic carbocycles. The van der Waals surface area contributed by atoms with Crippen molar-refractivity contribution in [1.29, 1.82) is 0 Å². The molecule has 1 aromatic heterocycles. The van der Waals surface area contributed by atoms with Gasteiger partial charge in [0.15, 0.2) is 0 Å². The summed E-state index contributed by atoms with van der Waals surface area (Å²) in [6.07, 6.45) is 4.01. The zero-order valence-electron chi connectivity index (χ0n) is 10.5. The molecule has 2 nitrogen and oxygen atoms in total. The van der Waals surface area contributed by atoms with Gasteiger partial charge < -0.3 is 0 Å². The van der Waals surface area contributed by atoms with E-state index < -0.39 is 0 Å². The molecular weight excluding hydrogens is 216 g/mol. The maximum absolute atomic E-state index is 3.59. The highest BCUT2D eigenvalue weighted by atomic mass is 32.1. The fourth-order valence-electron chi connectivity index (χ4n) is 2.48. The highest BCUT2D eigenvalue weighted by Gasteiger charge is 2.24. The molecule has 1 fully saturated rings. The fourth-order valence-corrected chi connectivity index (χ4v) is 3.30. The van der Waals surface area contributed by atoms with Crippen LogP contribution in [0.4, 0.5) is 0 Å². The molecule has 1 aliphatic rings. The largest absolute Gasteiger partial charge is 0.249 e. The van der Waals surface area contributed by atoms with E-state index in [4.69, 9.17) is 0 Å². The van der Waals surface area contributed by atoms with Crippen molar-refractivity contribution < 1.29 is 0 Å². The molecular formula is C13H22N2S. The zero-order valence-corrected chi connectivity index (χ0v) is 11.3. The Labute approximate surface area is 103 Å². The summed E-state index contributed by atoms with van der Waals surface area (Å²) in [5.41, 5.74) is 3.59. The normalized spacial score (nSPS) is 27.2. The van der Waals surface area contributed by atoms with Crippen LogP contribution < -0.4 is 5.43 Å². The molecule has 0 spiro atoms. The van der Waals surface area contributed by atoms with Crippen LogP contribution in [0.5, 0.6) is 0 Å². The quantitative estimate of drug-likeness (QED) is 0.869. The number of hydrazine groups is 1. The Morgan fingerprint density at radius 2 is 2.00 bits per heavy atom. The molecule has 0 bridgehead atoms. The van der Waals surface area contributed by atoms with Crippen molar-refractivity contribution in [3.63, 3.8) is 0 Å². The minimum atomic E-state index is 0.671.